The fraction of sp³-hybridized carbons (Fsp3) is 0.143. The average molecular weight is 560 g/mol. The molecule has 3 N–H and O–H groups in total. The number of rotatable bonds is 6. The van der Waals surface area contributed by atoms with Gasteiger partial charge in [0.05, 0.1) is 0 Å². The molecule has 3 aromatic rings. The highest BCUT2D eigenvalue weighted by Gasteiger charge is 2.35. The Morgan fingerprint density at radius 2 is 0.879 bits per heavy atom. The number of nitrogens with one attached hydrogen (secondary N) is 3. The molecule has 33 heavy (non-hydrogen) atoms. The molecule has 3 aromatic carbocycles. The highest BCUT2D eigenvalue weighted by molar-refractivity contribution is 8.16. The van der Waals surface area contributed by atoms with Gasteiger partial charge in [-0.2, -0.15) is 13.5 Å². The summed E-state index contributed by atoms with van der Waals surface area (Å²) in [6.07, 6.45) is 0. The molecule has 4 rings (SSSR count). The van der Waals surface area contributed by atoms with E-state index in [2.05, 4.69) is 19.8 Å². The highest BCUT2D eigenvalue weighted by atomic mass is 35.9. The Balaban J connectivity index is 1.84. The average Bonchev–Trinajstić information content (AvgIpc) is 2.71. The molecule has 0 bridgehead atoms. The summed E-state index contributed by atoms with van der Waals surface area (Å²) in [4.78, 5) is 0. The highest BCUT2D eigenvalue weighted by Crippen LogP contribution is 2.82. The molecule has 1 aliphatic heterocycles. The number of hydrogen-bond donors (Lipinski definition) is 3. The monoisotopic (exact) mass is 558 g/mol. The second-order valence-corrected chi connectivity index (χ2v) is 18.5. The van der Waals surface area contributed by atoms with Gasteiger partial charge >= 0.3 is 0 Å². The summed E-state index contributed by atoms with van der Waals surface area (Å²) in [5.74, 6) is -3.14. The Morgan fingerprint density at radius 1 is 0.515 bits per heavy atom. The Bertz CT molecular complexity index is 1270. The molecular weight excluding hydrogens is 536 g/mol. The van der Waals surface area contributed by atoms with Gasteiger partial charge in [-0.05, 0) is 90.9 Å². The van der Waals surface area contributed by atoms with Gasteiger partial charge in [0.1, 0.15) is 0 Å². The lowest BCUT2D eigenvalue weighted by Crippen LogP contribution is -2.07. The lowest BCUT2D eigenvalue weighted by atomic mass is 10.2. The normalized spacial score (nSPS) is 20.5. The van der Waals surface area contributed by atoms with Gasteiger partial charge in [0, 0.05) is 17.1 Å². The minimum absolute atomic E-state index is 0.787. The molecule has 0 radical (unpaired) electrons. The van der Waals surface area contributed by atoms with Crippen molar-refractivity contribution >= 4 is 70.9 Å². The Morgan fingerprint density at radius 3 is 1.27 bits per heavy atom. The van der Waals surface area contributed by atoms with Gasteiger partial charge < -0.3 is 15.3 Å². The minimum atomic E-state index is -3.14. The lowest BCUT2D eigenvalue weighted by Gasteiger charge is -2.31. The predicted octanol–water partition coefficient (Wildman–Crippen LogP) is 10.8. The maximum atomic E-state index is 7.01. The number of hydrogen-bond acceptors (Lipinski definition) is 6. The number of aryl methyl sites for hydroxylation is 3. The van der Waals surface area contributed by atoms with E-state index in [1.807, 2.05) is 93.6 Å². The van der Waals surface area contributed by atoms with E-state index in [9.17, 15) is 0 Å². The molecule has 6 nitrogen and oxygen atoms in total. The number of anilines is 3. The summed E-state index contributed by atoms with van der Waals surface area (Å²) < 4.78 is 14.2. The molecular formula is C21H24Cl3N6P3. The Hall–Kier alpha value is -1.38. The first-order valence-electron chi connectivity index (χ1n) is 10.1. The quantitative estimate of drug-likeness (QED) is 0.263. The van der Waals surface area contributed by atoms with Crippen molar-refractivity contribution in [2.75, 3.05) is 15.3 Å². The lowest BCUT2D eigenvalue weighted by molar-refractivity contribution is 1.46. The van der Waals surface area contributed by atoms with Gasteiger partial charge in [-0.3, -0.25) is 0 Å². The molecule has 0 saturated heterocycles. The maximum Gasteiger partial charge on any atom is 0.267 e. The van der Waals surface area contributed by atoms with Crippen LogP contribution in [0.1, 0.15) is 16.7 Å². The molecule has 0 amide bonds. The fourth-order valence-corrected chi connectivity index (χ4v) is 17.1. The standard InChI is InChI=1S/C21H24Cl3N6P3/c1-16-4-10-19(11-5-16)25-32(24)28-31(22,23)29-33(30-32,26-20-12-6-17(2)7-13-20)27-21-14-8-18(3)9-15-21/h4-15,25-27H,1-3H3. The van der Waals surface area contributed by atoms with Crippen molar-refractivity contribution in [2.24, 2.45) is 13.5 Å². The Labute approximate surface area is 209 Å². The van der Waals surface area contributed by atoms with Crippen molar-refractivity contribution in [1.82, 2.24) is 0 Å². The third kappa shape index (κ3) is 6.61. The largest absolute Gasteiger partial charge is 0.323 e. The zero-order valence-electron chi connectivity index (χ0n) is 18.2. The molecule has 0 aliphatic carbocycles. The summed E-state index contributed by atoms with van der Waals surface area (Å²) in [6, 6.07) is 23.7. The van der Waals surface area contributed by atoms with Crippen molar-refractivity contribution in [3.63, 3.8) is 0 Å². The predicted molar refractivity (Wildman–Crippen MR) is 150 cm³/mol. The van der Waals surface area contributed by atoms with Gasteiger partial charge in [0.15, 0.2) is 0 Å². The first kappa shape index (κ1) is 24.7. The molecule has 0 spiro atoms. The molecule has 1 heterocycles. The molecule has 0 aromatic heterocycles. The van der Waals surface area contributed by atoms with Crippen LogP contribution in [0.4, 0.5) is 17.1 Å². The van der Waals surface area contributed by atoms with Crippen LogP contribution >= 0.6 is 53.8 Å². The van der Waals surface area contributed by atoms with E-state index in [0.29, 0.717) is 0 Å². The SMILES string of the molecule is Cc1ccc(NP2(Cl)=NP(Cl)(Cl)=NP(Nc3ccc(C)cc3)(Nc3ccc(C)cc3)=N2)cc1. The van der Waals surface area contributed by atoms with E-state index in [1.165, 1.54) is 0 Å². The number of nitrogens with zero attached hydrogens (tertiary/aromatic N) is 3. The zero-order chi connectivity index (χ0) is 23.7. The van der Waals surface area contributed by atoms with Crippen molar-refractivity contribution in [1.29, 1.82) is 0 Å². The van der Waals surface area contributed by atoms with E-state index in [1.54, 1.807) is 0 Å². The Kier molecular flexibility index (Phi) is 7.27. The van der Waals surface area contributed by atoms with Crippen molar-refractivity contribution in [2.45, 2.75) is 20.8 Å². The third-order valence-corrected chi connectivity index (χ3v) is 16.0. The second-order valence-electron chi connectivity index (χ2n) is 7.78. The van der Waals surface area contributed by atoms with Gasteiger partial charge in [-0.15, -0.1) is 0 Å². The van der Waals surface area contributed by atoms with E-state index >= 15 is 0 Å². The van der Waals surface area contributed by atoms with Crippen LogP contribution in [0.2, 0.25) is 0 Å². The summed E-state index contributed by atoms with van der Waals surface area (Å²) >= 11 is 20.3. The fourth-order valence-electron chi connectivity index (χ4n) is 3.09. The minimum Gasteiger partial charge on any atom is -0.323 e. The van der Waals surface area contributed by atoms with E-state index < -0.39 is 20.1 Å². The zero-order valence-corrected chi connectivity index (χ0v) is 23.2. The van der Waals surface area contributed by atoms with Crippen LogP contribution in [0, 0.1) is 20.8 Å². The topological polar surface area (TPSA) is 73.2 Å². The van der Waals surface area contributed by atoms with Gasteiger partial charge in [0.25, 0.3) is 20.1 Å². The molecule has 12 heteroatoms. The van der Waals surface area contributed by atoms with E-state index in [4.69, 9.17) is 42.8 Å². The summed E-state index contributed by atoms with van der Waals surface area (Å²) in [5.41, 5.74) is 5.86. The van der Waals surface area contributed by atoms with Crippen LogP contribution < -0.4 is 15.3 Å². The van der Waals surface area contributed by atoms with Crippen molar-refractivity contribution in [3.8, 4) is 0 Å². The third-order valence-electron chi connectivity index (χ3n) is 4.71. The molecule has 0 saturated carbocycles. The van der Waals surface area contributed by atoms with Crippen LogP contribution in [-0.4, -0.2) is 0 Å². The summed E-state index contributed by atoms with van der Waals surface area (Å²) in [7, 11) is -2.96. The second kappa shape index (κ2) is 9.70. The van der Waals surface area contributed by atoms with Crippen LogP contribution in [0.15, 0.2) is 86.3 Å². The van der Waals surface area contributed by atoms with Crippen LogP contribution in [0.3, 0.4) is 0 Å². The molecule has 1 atom stereocenters. The van der Waals surface area contributed by atoms with Crippen molar-refractivity contribution in [3.05, 3.63) is 89.5 Å². The maximum absolute atomic E-state index is 7.01. The molecule has 0 fully saturated rings. The first-order valence-corrected chi connectivity index (χ1v) is 17.9. The summed E-state index contributed by atoms with van der Waals surface area (Å²) in [6.45, 7) is 3.03. The number of benzene rings is 3. The van der Waals surface area contributed by atoms with Crippen LogP contribution in [-0.2, 0) is 0 Å². The van der Waals surface area contributed by atoms with Gasteiger partial charge in [-0.25, -0.2) is 0 Å². The molecule has 1 aliphatic rings. The van der Waals surface area contributed by atoms with Crippen molar-refractivity contribution < 1.29 is 0 Å². The van der Waals surface area contributed by atoms with Gasteiger partial charge in [0.2, 0.25) is 0 Å². The molecule has 1 unspecified atom stereocenters. The number of halogens is 3. The van der Waals surface area contributed by atoms with Crippen LogP contribution in [0.5, 0.6) is 0 Å². The van der Waals surface area contributed by atoms with E-state index in [0.717, 1.165) is 33.8 Å². The van der Waals surface area contributed by atoms with E-state index in [-0.39, 0.29) is 0 Å². The van der Waals surface area contributed by atoms with Gasteiger partial charge in [-0.1, -0.05) is 53.1 Å². The smallest absolute Gasteiger partial charge is 0.267 e. The first-order chi connectivity index (χ1) is 15.5. The van der Waals surface area contributed by atoms with Crippen LogP contribution in [0.25, 0.3) is 0 Å². The molecule has 174 valence electrons. The summed E-state index contributed by atoms with van der Waals surface area (Å²) in [5, 5.41) is 10.2.